The number of hydrogen-bond donors (Lipinski definition) is 3. The molecule has 23 heavy (non-hydrogen) atoms. The molecule has 0 unspecified atom stereocenters. The van der Waals surface area contributed by atoms with E-state index < -0.39 is 6.09 Å². The molecule has 2 heterocycles. The van der Waals surface area contributed by atoms with Gasteiger partial charge >= 0.3 is 6.09 Å². The van der Waals surface area contributed by atoms with E-state index in [-0.39, 0.29) is 5.88 Å². The molecule has 0 bridgehead atoms. The summed E-state index contributed by atoms with van der Waals surface area (Å²) >= 11 is 6.02. The van der Waals surface area contributed by atoms with Crippen molar-refractivity contribution in [2.45, 2.75) is 18.8 Å². The topological polar surface area (TPSA) is 106 Å². The molecule has 0 fully saturated rings. The molecule has 0 spiro atoms. The number of fused-ring (bicyclic) bond motifs is 3. The van der Waals surface area contributed by atoms with Crippen LogP contribution in [0.25, 0.3) is 21.9 Å². The van der Waals surface area contributed by atoms with Crippen molar-refractivity contribution < 1.29 is 9.90 Å². The van der Waals surface area contributed by atoms with E-state index in [2.05, 4.69) is 15.3 Å². The summed E-state index contributed by atoms with van der Waals surface area (Å²) in [5.74, 6) is 1.31. The van der Waals surface area contributed by atoms with Gasteiger partial charge in [0.15, 0.2) is 5.82 Å². The summed E-state index contributed by atoms with van der Waals surface area (Å²) in [7, 11) is 0. The minimum absolute atomic E-state index is 0.245. The molecule has 2 aromatic heterocycles. The molecule has 1 aromatic carbocycles. The van der Waals surface area contributed by atoms with Crippen LogP contribution in [0.2, 0.25) is 0 Å². The fourth-order valence-electron chi connectivity index (χ4n) is 2.68. The lowest BCUT2D eigenvalue weighted by molar-refractivity contribution is 0.194. The van der Waals surface area contributed by atoms with Gasteiger partial charge in [0, 0.05) is 18.5 Å². The van der Waals surface area contributed by atoms with Crippen LogP contribution >= 0.6 is 11.6 Å². The minimum atomic E-state index is -1.03. The molecule has 120 valence electrons. The van der Waals surface area contributed by atoms with Crippen molar-refractivity contribution in [3.05, 3.63) is 30.1 Å². The smallest absolute Gasteiger partial charge is 0.404 e. The Morgan fingerprint density at radius 2 is 2.13 bits per heavy atom. The number of aryl methyl sites for hydroxylation is 1. The van der Waals surface area contributed by atoms with Gasteiger partial charge in [0.2, 0.25) is 0 Å². The van der Waals surface area contributed by atoms with Gasteiger partial charge < -0.3 is 20.7 Å². The Kier molecular flexibility index (Phi) is 4.20. The molecular formula is C15H16ClN5O2. The maximum absolute atomic E-state index is 10.5. The van der Waals surface area contributed by atoms with Crippen LogP contribution in [-0.4, -0.2) is 32.3 Å². The Labute approximate surface area is 137 Å². The maximum Gasteiger partial charge on any atom is 0.404 e. The lowest BCUT2D eigenvalue weighted by Crippen LogP contribution is -2.23. The van der Waals surface area contributed by atoms with E-state index in [0.717, 1.165) is 16.4 Å². The predicted octanol–water partition coefficient (Wildman–Crippen LogP) is 2.56. The van der Waals surface area contributed by atoms with Gasteiger partial charge in [-0.15, -0.1) is 11.6 Å². The summed E-state index contributed by atoms with van der Waals surface area (Å²) in [4.78, 5) is 19.4. The zero-order valence-corrected chi connectivity index (χ0v) is 13.0. The zero-order valence-electron chi connectivity index (χ0n) is 12.3. The predicted molar refractivity (Wildman–Crippen MR) is 89.6 cm³/mol. The van der Waals surface area contributed by atoms with Gasteiger partial charge in [0.25, 0.3) is 0 Å². The fourth-order valence-corrected chi connectivity index (χ4v) is 2.88. The monoisotopic (exact) mass is 333 g/mol. The van der Waals surface area contributed by atoms with Crippen LogP contribution in [0.5, 0.6) is 0 Å². The number of aromatic nitrogens is 3. The molecule has 3 aromatic rings. The maximum atomic E-state index is 10.5. The van der Waals surface area contributed by atoms with Gasteiger partial charge in [0.1, 0.15) is 11.3 Å². The quantitative estimate of drug-likeness (QED) is 0.491. The number of benzene rings is 1. The minimum Gasteiger partial charge on any atom is -0.465 e. The van der Waals surface area contributed by atoms with Crippen molar-refractivity contribution in [2.24, 2.45) is 0 Å². The number of alkyl halides is 1. The number of nitrogens with one attached hydrogen (secondary N) is 1. The number of carboxylic acid groups (broad SMARTS) is 1. The van der Waals surface area contributed by atoms with Crippen LogP contribution in [-0.2, 0) is 12.4 Å². The number of imidazole rings is 1. The number of amides is 1. The van der Waals surface area contributed by atoms with E-state index in [1.54, 1.807) is 0 Å². The lowest BCUT2D eigenvalue weighted by atomic mass is 10.2. The van der Waals surface area contributed by atoms with Crippen molar-refractivity contribution in [1.82, 2.24) is 19.9 Å². The number of pyridine rings is 1. The molecule has 0 aliphatic heterocycles. The van der Waals surface area contributed by atoms with E-state index >= 15 is 0 Å². The van der Waals surface area contributed by atoms with Gasteiger partial charge in [-0.05, 0) is 12.5 Å². The van der Waals surface area contributed by atoms with Crippen molar-refractivity contribution in [3.63, 3.8) is 0 Å². The molecule has 1 amide bonds. The van der Waals surface area contributed by atoms with E-state index in [4.69, 9.17) is 22.4 Å². The number of rotatable bonds is 5. The average molecular weight is 334 g/mol. The van der Waals surface area contributed by atoms with Crippen LogP contribution in [0, 0.1) is 0 Å². The molecule has 0 aliphatic carbocycles. The number of para-hydroxylation sites is 1. The van der Waals surface area contributed by atoms with Crippen LogP contribution in [0.3, 0.4) is 0 Å². The van der Waals surface area contributed by atoms with Crippen LogP contribution < -0.4 is 11.1 Å². The van der Waals surface area contributed by atoms with Crippen molar-refractivity contribution >= 4 is 45.4 Å². The summed E-state index contributed by atoms with van der Waals surface area (Å²) in [5, 5.41) is 12.0. The molecule has 4 N–H and O–H groups in total. The Bertz CT molecular complexity index is 877. The Balaban J connectivity index is 2.08. The third-order valence-corrected chi connectivity index (χ3v) is 3.88. The number of nitrogen functional groups attached to an aromatic ring is 1. The number of halogens is 1. The van der Waals surface area contributed by atoms with Crippen molar-refractivity contribution in [2.75, 3.05) is 12.3 Å². The number of nitrogens with two attached hydrogens (primary N) is 1. The highest BCUT2D eigenvalue weighted by Crippen LogP contribution is 2.29. The zero-order chi connectivity index (χ0) is 16.4. The lowest BCUT2D eigenvalue weighted by Gasteiger charge is -2.10. The molecule has 0 aliphatic rings. The first-order chi connectivity index (χ1) is 11.1. The third kappa shape index (κ3) is 2.87. The normalized spacial score (nSPS) is 11.2. The molecule has 0 radical (unpaired) electrons. The molecular weight excluding hydrogens is 318 g/mol. The highest BCUT2D eigenvalue weighted by Gasteiger charge is 2.16. The highest BCUT2D eigenvalue weighted by molar-refractivity contribution is 6.17. The first kappa shape index (κ1) is 15.4. The average Bonchev–Trinajstić information content (AvgIpc) is 2.91. The Morgan fingerprint density at radius 3 is 2.87 bits per heavy atom. The number of anilines is 1. The summed E-state index contributed by atoms with van der Waals surface area (Å²) in [5.41, 5.74) is 8.35. The molecule has 8 heteroatoms. The van der Waals surface area contributed by atoms with Crippen LogP contribution in [0.15, 0.2) is 24.3 Å². The SMILES string of the molecule is Nc1nc2ccccc2c2c1nc(CCl)n2CCCNC(=O)O. The Hall–Kier alpha value is -2.54. The first-order valence-corrected chi connectivity index (χ1v) is 7.71. The second kappa shape index (κ2) is 6.29. The summed E-state index contributed by atoms with van der Waals surface area (Å²) in [6.07, 6.45) is -0.407. The van der Waals surface area contributed by atoms with Gasteiger partial charge in [-0.25, -0.2) is 14.8 Å². The largest absolute Gasteiger partial charge is 0.465 e. The Morgan fingerprint density at radius 1 is 1.35 bits per heavy atom. The van der Waals surface area contributed by atoms with E-state index in [9.17, 15) is 4.79 Å². The number of nitrogens with zero attached hydrogens (tertiary/aromatic N) is 3. The van der Waals surface area contributed by atoms with Gasteiger partial charge in [0.05, 0.1) is 16.9 Å². The van der Waals surface area contributed by atoms with Crippen LogP contribution in [0.1, 0.15) is 12.2 Å². The second-order valence-electron chi connectivity index (χ2n) is 5.11. The van der Waals surface area contributed by atoms with Gasteiger partial charge in [-0.2, -0.15) is 0 Å². The fraction of sp³-hybridized carbons (Fsp3) is 0.267. The number of carbonyl (C=O) groups is 1. The van der Waals surface area contributed by atoms with E-state index in [1.165, 1.54) is 0 Å². The molecule has 3 rings (SSSR count). The second-order valence-corrected chi connectivity index (χ2v) is 5.38. The van der Waals surface area contributed by atoms with E-state index in [1.807, 2.05) is 28.8 Å². The van der Waals surface area contributed by atoms with Crippen molar-refractivity contribution in [1.29, 1.82) is 0 Å². The summed E-state index contributed by atoms with van der Waals surface area (Å²) in [6.45, 7) is 0.946. The molecule has 0 atom stereocenters. The first-order valence-electron chi connectivity index (χ1n) is 7.18. The van der Waals surface area contributed by atoms with Crippen LogP contribution in [0.4, 0.5) is 10.6 Å². The molecule has 0 saturated heterocycles. The van der Waals surface area contributed by atoms with Gasteiger partial charge in [-0.3, -0.25) is 0 Å². The molecule has 7 nitrogen and oxygen atoms in total. The van der Waals surface area contributed by atoms with Crippen molar-refractivity contribution in [3.8, 4) is 0 Å². The summed E-state index contributed by atoms with van der Waals surface area (Å²) in [6, 6.07) is 7.70. The summed E-state index contributed by atoms with van der Waals surface area (Å²) < 4.78 is 1.99. The van der Waals surface area contributed by atoms with Gasteiger partial charge in [-0.1, -0.05) is 18.2 Å². The standard InChI is InChI=1S/C15H16ClN5O2/c16-8-11-20-12-13(21(11)7-3-6-18-15(22)23)9-4-1-2-5-10(9)19-14(12)17/h1-2,4-5,18H,3,6-8H2,(H2,17,19)(H,22,23). The number of hydrogen-bond acceptors (Lipinski definition) is 4. The highest BCUT2D eigenvalue weighted by atomic mass is 35.5. The van der Waals surface area contributed by atoms with E-state index in [0.29, 0.717) is 36.7 Å². The third-order valence-electron chi connectivity index (χ3n) is 3.64. The molecule has 0 saturated carbocycles.